The maximum atomic E-state index is 6.07. The van der Waals surface area contributed by atoms with Gasteiger partial charge in [0.15, 0.2) is 0 Å². The molecule has 2 N–H and O–H groups in total. The van der Waals surface area contributed by atoms with Crippen LogP contribution in [-0.2, 0) is 11.8 Å². The molecule has 0 bridgehead atoms. The maximum Gasteiger partial charge on any atom is 0.0113 e. The van der Waals surface area contributed by atoms with Gasteiger partial charge in [-0.3, -0.25) is 0 Å². The normalized spacial score (nSPS) is 14.5. The summed E-state index contributed by atoms with van der Waals surface area (Å²) in [5.74, 6) is 0. The van der Waals surface area contributed by atoms with Crippen LogP contribution in [0.25, 0.3) is 0 Å². The summed E-state index contributed by atoms with van der Waals surface area (Å²) in [4.78, 5) is 0. The molecule has 1 unspecified atom stereocenters. The van der Waals surface area contributed by atoms with Gasteiger partial charge in [-0.2, -0.15) is 11.3 Å². The summed E-state index contributed by atoms with van der Waals surface area (Å²) < 4.78 is 0. The van der Waals surface area contributed by atoms with Crippen molar-refractivity contribution in [2.45, 2.75) is 25.2 Å². The zero-order chi connectivity index (χ0) is 12.1. The van der Waals surface area contributed by atoms with Gasteiger partial charge in [0.2, 0.25) is 0 Å². The number of rotatable bonds is 5. The van der Waals surface area contributed by atoms with Gasteiger partial charge in [-0.05, 0) is 40.8 Å². The highest BCUT2D eigenvalue weighted by molar-refractivity contribution is 7.07. The topological polar surface area (TPSA) is 26.0 Å². The minimum Gasteiger partial charge on any atom is -0.330 e. The van der Waals surface area contributed by atoms with E-state index in [1.54, 1.807) is 11.3 Å². The zero-order valence-electron chi connectivity index (χ0n) is 10.2. The number of hydrogen-bond donors (Lipinski definition) is 1. The Labute approximate surface area is 107 Å². The highest BCUT2D eigenvalue weighted by Gasteiger charge is 2.28. The van der Waals surface area contributed by atoms with Crippen LogP contribution in [0.4, 0.5) is 0 Å². The first-order valence-electron chi connectivity index (χ1n) is 6.07. The molecular weight excluding hydrogens is 226 g/mol. The van der Waals surface area contributed by atoms with E-state index in [4.69, 9.17) is 5.73 Å². The van der Waals surface area contributed by atoms with Gasteiger partial charge in [-0.15, -0.1) is 0 Å². The molecule has 1 aromatic heterocycles. The monoisotopic (exact) mass is 245 g/mol. The minimum absolute atomic E-state index is 0.0856. The van der Waals surface area contributed by atoms with E-state index < -0.39 is 0 Å². The van der Waals surface area contributed by atoms with Crippen LogP contribution in [0, 0.1) is 0 Å². The van der Waals surface area contributed by atoms with Crippen LogP contribution < -0.4 is 5.73 Å². The molecule has 0 aliphatic rings. The lowest BCUT2D eigenvalue weighted by atomic mass is 9.74. The predicted octanol–water partition coefficient (Wildman–Crippen LogP) is 3.60. The Morgan fingerprint density at radius 2 is 1.94 bits per heavy atom. The van der Waals surface area contributed by atoms with Crippen molar-refractivity contribution >= 4 is 11.3 Å². The van der Waals surface area contributed by atoms with E-state index in [2.05, 4.69) is 54.1 Å². The Kier molecular flexibility index (Phi) is 3.97. The molecule has 2 aromatic rings. The van der Waals surface area contributed by atoms with E-state index in [1.807, 2.05) is 0 Å². The third-order valence-corrected chi connectivity index (χ3v) is 4.31. The lowest BCUT2D eigenvalue weighted by molar-refractivity contribution is 0.419. The largest absolute Gasteiger partial charge is 0.330 e. The molecule has 0 saturated carbocycles. The number of nitrogens with two attached hydrogens (primary N) is 1. The molecule has 0 radical (unpaired) electrons. The minimum atomic E-state index is 0.0856. The van der Waals surface area contributed by atoms with E-state index >= 15 is 0 Å². The van der Waals surface area contributed by atoms with Crippen LogP contribution in [-0.4, -0.2) is 6.54 Å². The van der Waals surface area contributed by atoms with E-state index in [1.165, 1.54) is 11.1 Å². The smallest absolute Gasteiger partial charge is 0.0113 e. The lowest BCUT2D eigenvalue weighted by Gasteiger charge is -2.32. The summed E-state index contributed by atoms with van der Waals surface area (Å²) in [5, 5.41) is 4.36. The van der Waals surface area contributed by atoms with Crippen molar-refractivity contribution in [3.05, 3.63) is 58.3 Å². The van der Waals surface area contributed by atoms with Crippen LogP contribution >= 0.6 is 11.3 Å². The van der Waals surface area contributed by atoms with Gasteiger partial charge in [0.1, 0.15) is 0 Å². The molecule has 17 heavy (non-hydrogen) atoms. The average Bonchev–Trinajstić information content (AvgIpc) is 2.90. The molecule has 0 amide bonds. The quantitative estimate of drug-likeness (QED) is 0.856. The molecular formula is C15H19NS. The fourth-order valence-electron chi connectivity index (χ4n) is 2.34. The summed E-state index contributed by atoms with van der Waals surface area (Å²) in [6.07, 6.45) is 2.11. The van der Waals surface area contributed by atoms with Crippen molar-refractivity contribution in [3.63, 3.8) is 0 Å². The SMILES string of the molecule is CCC(CN)(Cc1ccsc1)c1ccccc1. The van der Waals surface area contributed by atoms with Crippen molar-refractivity contribution in [3.8, 4) is 0 Å². The van der Waals surface area contributed by atoms with Crippen LogP contribution in [0.15, 0.2) is 47.2 Å². The van der Waals surface area contributed by atoms with Crippen LogP contribution in [0.3, 0.4) is 0 Å². The standard InChI is InChI=1S/C15H19NS/c1-2-15(12-16,10-13-8-9-17-11-13)14-6-4-3-5-7-14/h3-9,11H,2,10,12,16H2,1H3. The predicted molar refractivity (Wildman–Crippen MR) is 75.5 cm³/mol. The van der Waals surface area contributed by atoms with Gasteiger partial charge in [0, 0.05) is 12.0 Å². The molecule has 1 aromatic carbocycles. The first kappa shape index (κ1) is 12.3. The van der Waals surface area contributed by atoms with E-state index in [0.29, 0.717) is 6.54 Å². The van der Waals surface area contributed by atoms with Gasteiger partial charge in [-0.25, -0.2) is 0 Å². The van der Waals surface area contributed by atoms with Crippen molar-refractivity contribution in [1.82, 2.24) is 0 Å². The van der Waals surface area contributed by atoms with Gasteiger partial charge in [-0.1, -0.05) is 37.3 Å². The van der Waals surface area contributed by atoms with Crippen molar-refractivity contribution in [1.29, 1.82) is 0 Å². The first-order chi connectivity index (χ1) is 8.30. The van der Waals surface area contributed by atoms with Gasteiger partial charge < -0.3 is 5.73 Å². The summed E-state index contributed by atoms with van der Waals surface area (Å²) in [6.45, 7) is 2.93. The summed E-state index contributed by atoms with van der Waals surface area (Å²) in [5.41, 5.74) is 8.91. The van der Waals surface area contributed by atoms with Gasteiger partial charge >= 0.3 is 0 Å². The third-order valence-electron chi connectivity index (χ3n) is 3.58. The summed E-state index contributed by atoms with van der Waals surface area (Å²) in [6, 6.07) is 12.9. The average molecular weight is 245 g/mol. The Hall–Kier alpha value is -1.12. The van der Waals surface area contributed by atoms with Crippen LogP contribution in [0.5, 0.6) is 0 Å². The molecule has 0 aliphatic heterocycles. The lowest BCUT2D eigenvalue weighted by Crippen LogP contribution is -2.36. The second-order valence-electron chi connectivity index (χ2n) is 4.51. The Bertz CT molecular complexity index is 429. The fourth-order valence-corrected chi connectivity index (χ4v) is 3.01. The van der Waals surface area contributed by atoms with Crippen molar-refractivity contribution in [2.24, 2.45) is 5.73 Å². The summed E-state index contributed by atoms with van der Waals surface area (Å²) >= 11 is 1.76. The van der Waals surface area contributed by atoms with Crippen LogP contribution in [0.2, 0.25) is 0 Å². The van der Waals surface area contributed by atoms with Crippen molar-refractivity contribution < 1.29 is 0 Å². The van der Waals surface area contributed by atoms with E-state index in [0.717, 1.165) is 12.8 Å². The molecule has 1 nitrogen and oxygen atoms in total. The van der Waals surface area contributed by atoms with E-state index in [9.17, 15) is 0 Å². The zero-order valence-corrected chi connectivity index (χ0v) is 11.0. The molecule has 0 aliphatic carbocycles. The van der Waals surface area contributed by atoms with Crippen LogP contribution in [0.1, 0.15) is 24.5 Å². The Morgan fingerprint density at radius 1 is 1.18 bits per heavy atom. The highest BCUT2D eigenvalue weighted by Crippen LogP contribution is 2.31. The van der Waals surface area contributed by atoms with Crippen molar-refractivity contribution in [2.75, 3.05) is 6.54 Å². The van der Waals surface area contributed by atoms with Gasteiger partial charge in [0.25, 0.3) is 0 Å². The second kappa shape index (κ2) is 5.48. The number of benzene rings is 1. The Balaban J connectivity index is 2.32. The maximum absolute atomic E-state index is 6.07. The molecule has 0 spiro atoms. The second-order valence-corrected chi connectivity index (χ2v) is 5.29. The molecule has 0 saturated heterocycles. The molecule has 0 fully saturated rings. The highest BCUT2D eigenvalue weighted by atomic mass is 32.1. The molecule has 1 heterocycles. The van der Waals surface area contributed by atoms with E-state index in [-0.39, 0.29) is 5.41 Å². The number of hydrogen-bond acceptors (Lipinski definition) is 2. The third kappa shape index (κ3) is 2.59. The summed E-state index contributed by atoms with van der Waals surface area (Å²) in [7, 11) is 0. The fraction of sp³-hybridized carbons (Fsp3) is 0.333. The molecule has 2 rings (SSSR count). The van der Waals surface area contributed by atoms with Gasteiger partial charge in [0.05, 0.1) is 0 Å². The molecule has 1 atom stereocenters. The molecule has 2 heteroatoms. The first-order valence-corrected chi connectivity index (χ1v) is 7.02. The number of thiophene rings is 1. The Morgan fingerprint density at radius 3 is 2.47 bits per heavy atom. The molecule has 90 valence electrons.